The van der Waals surface area contributed by atoms with Gasteiger partial charge in [0.25, 0.3) is 0 Å². The summed E-state index contributed by atoms with van der Waals surface area (Å²) in [5.41, 5.74) is 3.26. The number of hydrogen-bond acceptors (Lipinski definition) is 6. The zero-order chi connectivity index (χ0) is 14.5. The summed E-state index contributed by atoms with van der Waals surface area (Å²) < 4.78 is 6.50. The summed E-state index contributed by atoms with van der Waals surface area (Å²) in [6.45, 7) is 6.24. The molecule has 6 nitrogen and oxygen atoms in total. The molecule has 2 rings (SSSR count). The number of rotatable bonds is 5. The number of thioether (sulfide) groups is 1. The minimum absolute atomic E-state index is 0.194. The molecular weight excluding hydrogens is 276 g/mol. The second kappa shape index (κ2) is 6.51. The fourth-order valence-corrected chi connectivity index (χ4v) is 2.30. The number of carbonyl (C=O) groups is 1. The predicted molar refractivity (Wildman–Crippen MR) is 76.0 cm³/mol. The van der Waals surface area contributed by atoms with Crippen LogP contribution < -0.4 is 0 Å². The van der Waals surface area contributed by atoms with Crippen molar-refractivity contribution in [3.8, 4) is 5.69 Å². The molecule has 0 unspecified atom stereocenters. The van der Waals surface area contributed by atoms with Crippen molar-refractivity contribution in [1.29, 1.82) is 0 Å². The molecule has 0 aliphatic heterocycles. The van der Waals surface area contributed by atoms with Crippen LogP contribution in [0.15, 0.2) is 23.4 Å². The highest BCUT2D eigenvalue weighted by Gasteiger charge is 2.12. The van der Waals surface area contributed by atoms with Crippen LogP contribution in [0.3, 0.4) is 0 Å². The molecular formula is C13H16N4O2S. The molecule has 0 spiro atoms. The van der Waals surface area contributed by atoms with Crippen molar-refractivity contribution in [2.24, 2.45) is 0 Å². The van der Waals surface area contributed by atoms with Crippen LogP contribution in [0.1, 0.15) is 18.1 Å². The van der Waals surface area contributed by atoms with Crippen LogP contribution in [0.4, 0.5) is 0 Å². The highest BCUT2D eigenvalue weighted by Crippen LogP contribution is 2.20. The normalized spacial score (nSPS) is 10.6. The van der Waals surface area contributed by atoms with Gasteiger partial charge in [-0.05, 0) is 54.5 Å². The molecule has 0 saturated heterocycles. The van der Waals surface area contributed by atoms with E-state index in [4.69, 9.17) is 4.74 Å². The third kappa shape index (κ3) is 3.36. The first-order valence-corrected chi connectivity index (χ1v) is 7.24. The summed E-state index contributed by atoms with van der Waals surface area (Å²) in [5.74, 6) is -0.0777. The standard InChI is InChI=1S/C13H16N4O2S/c1-4-19-12(18)8-20-13-14-15-16-17(13)11-6-5-9(2)10(3)7-11/h5-7H,4,8H2,1-3H3. The molecule has 1 heterocycles. The van der Waals surface area contributed by atoms with Gasteiger partial charge in [-0.1, -0.05) is 17.8 Å². The lowest BCUT2D eigenvalue weighted by Crippen LogP contribution is -2.08. The fraction of sp³-hybridized carbons (Fsp3) is 0.385. The first-order valence-electron chi connectivity index (χ1n) is 6.26. The Labute approximate surface area is 121 Å². The lowest BCUT2D eigenvalue weighted by molar-refractivity contribution is -0.139. The Balaban J connectivity index is 2.15. The number of nitrogens with zero attached hydrogens (tertiary/aromatic N) is 4. The van der Waals surface area contributed by atoms with Gasteiger partial charge in [-0.15, -0.1) is 5.10 Å². The predicted octanol–water partition coefficient (Wildman–Crippen LogP) is 1.93. The Kier molecular flexibility index (Phi) is 4.73. The first-order chi connectivity index (χ1) is 9.61. The molecule has 0 aliphatic carbocycles. The molecule has 7 heteroatoms. The van der Waals surface area contributed by atoms with E-state index in [-0.39, 0.29) is 11.7 Å². The van der Waals surface area contributed by atoms with E-state index in [1.54, 1.807) is 11.6 Å². The quantitative estimate of drug-likeness (QED) is 0.619. The Morgan fingerprint density at radius 2 is 2.15 bits per heavy atom. The highest BCUT2D eigenvalue weighted by atomic mass is 32.2. The van der Waals surface area contributed by atoms with Gasteiger partial charge in [0.05, 0.1) is 18.0 Å². The number of aryl methyl sites for hydroxylation is 2. The van der Waals surface area contributed by atoms with Gasteiger partial charge in [0, 0.05) is 0 Å². The second-order valence-electron chi connectivity index (χ2n) is 4.24. The Morgan fingerprint density at radius 3 is 2.85 bits per heavy atom. The zero-order valence-corrected chi connectivity index (χ0v) is 12.5. The zero-order valence-electron chi connectivity index (χ0n) is 11.7. The van der Waals surface area contributed by atoms with Crippen LogP contribution in [-0.4, -0.2) is 38.5 Å². The largest absolute Gasteiger partial charge is 0.465 e. The van der Waals surface area contributed by atoms with Crippen molar-refractivity contribution in [2.45, 2.75) is 25.9 Å². The summed E-state index contributed by atoms with van der Waals surface area (Å²) in [4.78, 5) is 11.4. The van der Waals surface area contributed by atoms with Crippen molar-refractivity contribution >= 4 is 17.7 Å². The maximum atomic E-state index is 11.4. The third-order valence-electron chi connectivity index (χ3n) is 2.80. The van der Waals surface area contributed by atoms with Crippen LogP contribution in [0, 0.1) is 13.8 Å². The number of ether oxygens (including phenoxy) is 1. The molecule has 1 aromatic carbocycles. The van der Waals surface area contributed by atoms with E-state index < -0.39 is 0 Å². The SMILES string of the molecule is CCOC(=O)CSc1nnnn1-c1ccc(C)c(C)c1. The number of carbonyl (C=O) groups excluding carboxylic acids is 1. The van der Waals surface area contributed by atoms with Gasteiger partial charge in [-0.3, -0.25) is 4.79 Å². The molecule has 0 aliphatic rings. The molecule has 20 heavy (non-hydrogen) atoms. The second-order valence-corrected chi connectivity index (χ2v) is 5.18. The summed E-state index contributed by atoms with van der Waals surface area (Å²) in [6, 6.07) is 5.99. The van der Waals surface area contributed by atoms with Crippen molar-refractivity contribution in [2.75, 3.05) is 12.4 Å². The van der Waals surface area contributed by atoms with Crippen molar-refractivity contribution in [1.82, 2.24) is 20.2 Å². The van der Waals surface area contributed by atoms with Crippen LogP contribution >= 0.6 is 11.8 Å². The van der Waals surface area contributed by atoms with E-state index in [1.807, 2.05) is 25.1 Å². The van der Waals surface area contributed by atoms with Gasteiger partial charge in [0.2, 0.25) is 5.16 Å². The molecule has 0 bridgehead atoms. The Bertz CT molecular complexity index is 612. The van der Waals surface area contributed by atoms with Crippen molar-refractivity contribution in [3.63, 3.8) is 0 Å². The van der Waals surface area contributed by atoms with E-state index in [0.29, 0.717) is 11.8 Å². The molecule has 0 atom stereocenters. The van der Waals surface area contributed by atoms with Crippen LogP contribution in [-0.2, 0) is 9.53 Å². The minimum Gasteiger partial charge on any atom is -0.465 e. The number of tetrazole rings is 1. The fourth-order valence-electron chi connectivity index (χ4n) is 1.61. The number of esters is 1. The number of aromatic nitrogens is 4. The molecule has 106 valence electrons. The van der Waals surface area contributed by atoms with Gasteiger partial charge in [0.1, 0.15) is 0 Å². The van der Waals surface area contributed by atoms with E-state index in [9.17, 15) is 4.79 Å². The third-order valence-corrected chi connectivity index (χ3v) is 3.69. The van der Waals surface area contributed by atoms with E-state index in [1.165, 1.54) is 22.9 Å². The Morgan fingerprint density at radius 1 is 1.35 bits per heavy atom. The van der Waals surface area contributed by atoms with E-state index in [2.05, 4.69) is 22.4 Å². The highest BCUT2D eigenvalue weighted by molar-refractivity contribution is 7.99. The average Bonchev–Trinajstić information content (AvgIpc) is 2.88. The lowest BCUT2D eigenvalue weighted by atomic mass is 10.1. The minimum atomic E-state index is -0.271. The van der Waals surface area contributed by atoms with Gasteiger partial charge in [-0.25, -0.2) is 0 Å². The molecule has 0 radical (unpaired) electrons. The number of benzene rings is 1. The molecule has 0 amide bonds. The average molecular weight is 292 g/mol. The molecule has 1 aromatic heterocycles. The van der Waals surface area contributed by atoms with Crippen molar-refractivity contribution < 1.29 is 9.53 Å². The van der Waals surface area contributed by atoms with Gasteiger partial charge in [-0.2, -0.15) is 4.68 Å². The lowest BCUT2D eigenvalue weighted by Gasteiger charge is -2.06. The molecule has 2 aromatic rings. The van der Waals surface area contributed by atoms with Crippen molar-refractivity contribution in [3.05, 3.63) is 29.3 Å². The maximum absolute atomic E-state index is 11.4. The van der Waals surface area contributed by atoms with Crippen LogP contribution in [0.5, 0.6) is 0 Å². The van der Waals surface area contributed by atoms with Gasteiger partial charge < -0.3 is 4.74 Å². The molecule has 0 fully saturated rings. The molecule has 0 saturated carbocycles. The summed E-state index contributed by atoms with van der Waals surface area (Å²) in [5, 5.41) is 12.1. The molecule has 0 N–H and O–H groups in total. The number of hydrogen-bond donors (Lipinski definition) is 0. The summed E-state index contributed by atoms with van der Waals surface area (Å²) in [7, 11) is 0. The van der Waals surface area contributed by atoms with Crippen LogP contribution in [0.25, 0.3) is 5.69 Å². The summed E-state index contributed by atoms with van der Waals surface area (Å²) >= 11 is 1.26. The smallest absolute Gasteiger partial charge is 0.316 e. The maximum Gasteiger partial charge on any atom is 0.316 e. The first kappa shape index (κ1) is 14.5. The summed E-state index contributed by atoms with van der Waals surface area (Å²) in [6.07, 6.45) is 0. The van der Waals surface area contributed by atoms with Gasteiger partial charge >= 0.3 is 5.97 Å². The van der Waals surface area contributed by atoms with E-state index in [0.717, 1.165) is 5.69 Å². The Hall–Kier alpha value is -1.89. The van der Waals surface area contributed by atoms with Gasteiger partial charge in [0.15, 0.2) is 0 Å². The van der Waals surface area contributed by atoms with Crippen LogP contribution in [0.2, 0.25) is 0 Å². The topological polar surface area (TPSA) is 69.9 Å². The monoisotopic (exact) mass is 292 g/mol. The van der Waals surface area contributed by atoms with E-state index >= 15 is 0 Å².